The number of ether oxygens (including phenoxy) is 1. The average Bonchev–Trinajstić information content (AvgIpc) is 3.43. The standard InChI is InChI=1S/C31H39N3O3/c1-29(2)23-14-16-30(29,3)26(18-23)37-28(36)34-31(4,19-22-20-33-25-13-9-8-12-24(22)25)27(35)32-17-15-21-10-6-5-7-11-21/h5-13,20,23,26,33H,14-19H2,1-4H3,(H,32,35)(H,34,36)/t23-,26+,30-,31+/m0/s1. The van der Waals surface area contributed by atoms with Crippen LogP contribution in [0.1, 0.15) is 58.1 Å². The molecule has 196 valence electrons. The van der Waals surface area contributed by atoms with Gasteiger partial charge in [-0.15, -0.1) is 0 Å². The maximum Gasteiger partial charge on any atom is 0.408 e. The van der Waals surface area contributed by atoms with Crippen LogP contribution in [0.4, 0.5) is 4.79 Å². The minimum atomic E-state index is -1.17. The van der Waals surface area contributed by atoms with E-state index in [0.717, 1.165) is 41.3 Å². The summed E-state index contributed by atoms with van der Waals surface area (Å²) in [5, 5.41) is 7.09. The van der Waals surface area contributed by atoms with Gasteiger partial charge in [0.1, 0.15) is 11.6 Å². The number of fused-ring (bicyclic) bond motifs is 3. The predicted molar refractivity (Wildman–Crippen MR) is 146 cm³/mol. The summed E-state index contributed by atoms with van der Waals surface area (Å²) >= 11 is 0. The Bertz CT molecular complexity index is 1280. The number of aromatic amines is 1. The number of hydrogen-bond acceptors (Lipinski definition) is 3. The lowest BCUT2D eigenvalue weighted by Gasteiger charge is -2.39. The van der Waals surface area contributed by atoms with E-state index in [-0.39, 0.29) is 22.8 Å². The molecule has 0 saturated heterocycles. The van der Waals surface area contributed by atoms with Crippen molar-refractivity contribution in [3.8, 4) is 0 Å². The quantitative estimate of drug-likeness (QED) is 0.366. The van der Waals surface area contributed by atoms with Gasteiger partial charge in [0.2, 0.25) is 5.91 Å². The molecular weight excluding hydrogens is 462 g/mol. The summed E-state index contributed by atoms with van der Waals surface area (Å²) in [7, 11) is 0. The molecular formula is C31H39N3O3. The van der Waals surface area contributed by atoms with E-state index >= 15 is 0 Å². The van der Waals surface area contributed by atoms with E-state index in [1.165, 1.54) is 6.42 Å². The topological polar surface area (TPSA) is 83.2 Å². The van der Waals surface area contributed by atoms with Crippen LogP contribution in [0.5, 0.6) is 0 Å². The van der Waals surface area contributed by atoms with Crippen LogP contribution in [-0.4, -0.2) is 35.2 Å². The Labute approximate surface area is 219 Å². The molecule has 37 heavy (non-hydrogen) atoms. The zero-order valence-corrected chi connectivity index (χ0v) is 22.4. The molecule has 4 atom stereocenters. The molecule has 2 aliphatic carbocycles. The molecule has 0 spiro atoms. The number of amides is 2. The van der Waals surface area contributed by atoms with Crippen LogP contribution >= 0.6 is 0 Å². The van der Waals surface area contributed by atoms with Crippen molar-refractivity contribution in [2.24, 2.45) is 16.7 Å². The minimum Gasteiger partial charge on any atom is -0.446 e. The average molecular weight is 502 g/mol. The molecule has 0 aliphatic heterocycles. The van der Waals surface area contributed by atoms with E-state index in [9.17, 15) is 9.59 Å². The lowest BCUT2D eigenvalue weighted by Crippen LogP contribution is -2.59. The molecule has 2 amide bonds. The fourth-order valence-corrected chi connectivity index (χ4v) is 6.69. The van der Waals surface area contributed by atoms with Gasteiger partial charge < -0.3 is 20.4 Å². The van der Waals surface area contributed by atoms with Crippen LogP contribution in [0.15, 0.2) is 60.8 Å². The molecule has 3 aromatic rings. The molecule has 2 aliphatic rings. The zero-order valence-electron chi connectivity index (χ0n) is 22.4. The summed E-state index contributed by atoms with van der Waals surface area (Å²) in [6, 6.07) is 18.1. The van der Waals surface area contributed by atoms with Crippen LogP contribution in [0, 0.1) is 16.7 Å². The summed E-state index contributed by atoms with van der Waals surface area (Å²) in [6.07, 6.45) is 5.47. The molecule has 1 aromatic heterocycles. The van der Waals surface area contributed by atoms with Crippen LogP contribution in [0.25, 0.3) is 10.9 Å². The monoisotopic (exact) mass is 501 g/mol. The van der Waals surface area contributed by atoms with Crippen molar-refractivity contribution < 1.29 is 14.3 Å². The van der Waals surface area contributed by atoms with Gasteiger partial charge >= 0.3 is 6.09 Å². The summed E-state index contributed by atoms with van der Waals surface area (Å²) in [6.45, 7) is 9.12. The summed E-state index contributed by atoms with van der Waals surface area (Å²) < 4.78 is 6.07. The number of hydrogen-bond donors (Lipinski definition) is 3. The number of aromatic nitrogens is 1. The highest BCUT2D eigenvalue weighted by atomic mass is 16.6. The number of carbonyl (C=O) groups excluding carboxylic acids is 2. The first-order valence-corrected chi connectivity index (χ1v) is 13.5. The highest BCUT2D eigenvalue weighted by Gasteiger charge is 2.63. The Balaban J connectivity index is 1.32. The van der Waals surface area contributed by atoms with Gasteiger partial charge in [0.25, 0.3) is 0 Å². The largest absolute Gasteiger partial charge is 0.446 e. The second-order valence-corrected chi connectivity index (χ2v) is 12.0. The van der Waals surface area contributed by atoms with Crippen LogP contribution in [0.3, 0.4) is 0 Å². The number of para-hydroxylation sites is 1. The normalized spacial score (nSPS) is 25.5. The second kappa shape index (κ2) is 9.55. The van der Waals surface area contributed by atoms with Crippen molar-refractivity contribution in [3.05, 3.63) is 71.9 Å². The van der Waals surface area contributed by atoms with Gasteiger partial charge in [-0.1, -0.05) is 69.3 Å². The third kappa shape index (κ3) is 4.62. The Morgan fingerprint density at radius 3 is 2.51 bits per heavy atom. The lowest BCUT2D eigenvalue weighted by atomic mass is 9.70. The summed E-state index contributed by atoms with van der Waals surface area (Å²) in [4.78, 5) is 30.2. The minimum absolute atomic E-state index is 0.0415. The predicted octanol–water partition coefficient (Wildman–Crippen LogP) is 5.77. The van der Waals surface area contributed by atoms with Gasteiger partial charge in [0.05, 0.1) is 0 Å². The number of nitrogens with one attached hydrogen (secondary N) is 3. The number of H-pyrrole nitrogens is 1. The van der Waals surface area contributed by atoms with Crippen molar-refractivity contribution in [1.82, 2.24) is 15.6 Å². The maximum absolute atomic E-state index is 13.6. The molecule has 1 heterocycles. The van der Waals surface area contributed by atoms with E-state index in [1.54, 1.807) is 6.92 Å². The van der Waals surface area contributed by atoms with Gasteiger partial charge in [-0.05, 0) is 61.1 Å². The fourth-order valence-electron chi connectivity index (χ4n) is 6.69. The van der Waals surface area contributed by atoms with E-state index in [4.69, 9.17) is 4.74 Å². The van der Waals surface area contributed by atoms with E-state index < -0.39 is 11.6 Å². The van der Waals surface area contributed by atoms with E-state index in [2.05, 4.69) is 36.4 Å². The number of carbonyl (C=O) groups is 2. The van der Waals surface area contributed by atoms with E-state index in [0.29, 0.717) is 18.9 Å². The van der Waals surface area contributed by atoms with Gasteiger partial charge in [-0.2, -0.15) is 0 Å². The molecule has 2 bridgehead atoms. The Hall–Kier alpha value is -3.28. The number of rotatable bonds is 8. The Kier molecular flexibility index (Phi) is 6.55. The van der Waals surface area contributed by atoms with Crippen molar-refractivity contribution >= 4 is 22.9 Å². The van der Waals surface area contributed by atoms with Crippen molar-refractivity contribution in [3.63, 3.8) is 0 Å². The third-order valence-electron chi connectivity index (χ3n) is 9.60. The second-order valence-electron chi connectivity index (χ2n) is 12.0. The van der Waals surface area contributed by atoms with Crippen molar-refractivity contribution in [2.45, 2.75) is 71.4 Å². The molecule has 2 fully saturated rings. The van der Waals surface area contributed by atoms with Crippen molar-refractivity contribution in [2.75, 3.05) is 6.54 Å². The Morgan fingerprint density at radius 2 is 1.81 bits per heavy atom. The summed E-state index contributed by atoms with van der Waals surface area (Å²) in [5.74, 6) is 0.347. The van der Waals surface area contributed by atoms with Gasteiger partial charge in [-0.3, -0.25) is 4.79 Å². The fraction of sp³-hybridized carbons (Fsp3) is 0.484. The number of benzene rings is 2. The maximum atomic E-state index is 13.6. The molecule has 6 nitrogen and oxygen atoms in total. The van der Waals surface area contributed by atoms with Gasteiger partial charge in [-0.25, -0.2) is 4.79 Å². The lowest BCUT2D eigenvalue weighted by molar-refractivity contribution is -0.127. The van der Waals surface area contributed by atoms with Crippen LogP contribution < -0.4 is 10.6 Å². The summed E-state index contributed by atoms with van der Waals surface area (Å²) in [5.41, 5.74) is 2.06. The van der Waals surface area contributed by atoms with Crippen molar-refractivity contribution in [1.29, 1.82) is 0 Å². The molecule has 0 unspecified atom stereocenters. The van der Waals surface area contributed by atoms with E-state index in [1.807, 2.05) is 60.8 Å². The molecule has 5 rings (SSSR count). The molecule has 6 heteroatoms. The highest BCUT2D eigenvalue weighted by Crippen LogP contribution is 2.66. The first kappa shape index (κ1) is 25.4. The Morgan fingerprint density at radius 1 is 1.08 bits per heavy atom. The molecule has 0 radical (unpaired) electrons. The molecule has 2 saturated carbocycles. The highest BCUT2D eigenvalue weighted by molar-refractivity contribution is 5.91. The first-order chi connectivity index (χ1) is 17.6. The smallest absolute Gasteiger partial charge is 0.408 e. The molecule has 2 aromatic carbocycles. The van der Waals surface area contributed by atoms with Crippen LogP contribution in [-0.2, 0) is 22.4 Å². The zero-order chi connectivity index (χ0) is 26.3. The number of alkyl carbamates (subject to hydrolysis) is 1. The first-order valence-electron chi connectivity index (χ1n) is 13.5. The SMILES string of the molecule is CC1(C)[C@H]2CC[C@@]1(C)[C@H](OC(=O)N[C@](C)(Cc1c[nH]c3ccccc13)C(=O)NCCc1ccccc1)C2. The van der Waals surface area contributed by atoms with Crippen LogP contribution in [0.2, 0.25) is 0 Å². The molecule has 3 N–H and O–H groups in total. The van der Waals surface area contributed by atoms with Gasteiger partial charge in [0.15, 0.2) is 0 Å². The van der Waals surface area contributed by atoms with Gasteiger partial charge in [0, 0.05) is 35.5 Å². The third-order valence-corrected chi connectivity index (χ3v) is 9.60.